The Labute approximate surface area is 140 Å². The van der Waals surface area contributed by atoms with Crippen molar-refractivity contribution < 1.29 is 12.8 Å². The molecule has 24 heavy (non-hydrogen) atoms. The molecule has 0 saturated carbocycles. The molecule has 1 fully saturated rings. The largest absolute Gasteiger partial charge is 0.373 e. The number of nitrogens with zero attached hydrogens (tertiary/aromatic N) is 3. The summed E-state index contributed by atoms with van der Waals surface area (Å²) in [5, 5.41) is 2.96. The molecule has 0 aliphatic carbocycles. The molecule has 1 aromatic carbocycles. The summed E-state index contributed by atoms with van der Waals surface area (Å²) >= 11 is 0. The Morgan fingerprint density at radius 3 is 2.79 bits per heavy atom. The van der Waals surface area contributed by atoms with E-state index in [9.17, 15) is 12.8 Å². The molecule has 128 valence electrons. The van der Waals surface area contributed by atoms with E-state index in [1.165, 1.54) is 22.5 Å². The minimum absolute atomic E-state index is 0.0333. The monoisotopic (exact) mass is 350 g/mol. The first-order chi connectivity index (χ1) is 11.4. The van der Waals surface area contributed by atoms with E-state index < -0.39 is 15.8 Å². The number of sulfonamides is 1. The number of anilines is 1. The lowest BCUT2D eigenvalue weighted by Gasteiger charge is -2.24. The van der Waals surface area contributed by atoms with Crippen LogP contribution in [0.15, 0.2) is 35.2 Å². The fraction of sp³-hybridized carbons (Fsp3) is 0.375. The van der Waals surface area contributed by atoms with Crippen LogP contribution in [0.5, 0.6) is 0 Å². The minimum Gasteiger partial charge on any atom is -0.373 e. The van der Waals surface area contributed by atoms with Crippen LogP contribution in [-0.4, -0.2) is 36.3 Å². The van der Waals surface area contributed by atoms with Crippen molar-refractivity contribution in [1.29, 1.82) is 0 Å². The van der Waals surface area contributed by atoms with Crippen molar-refractivity contribution in [2.45, 2.75) is 30.7 Å². The van der Waals surface area contributed by atoms with Gasteiger partial charge >= 0.3 is 0 Å². The highest BCUT2D eigenvalue weighted by Gasteiger charge is 2.37. The summed E-state index contributed by atoms with van der Waals surface area (Å²) in [5.41, 5.74) is 0.657. The summed E-state index contributed by atoms with van der Waals surface area (Å²) in [6.07, 6.45) is 1.41. The van der Waals surface area contributed by atoms with Gasteiger partial charge in [-0.3, -0.25) is 0 Å². The molecule has 0 radical (unpaired) electrons. The molecule has 8 heteroatoms. The van der Waals surface area contributed by atoms with Crippen LogP contribution < -0.4 is 5.32 Å². The van der Waals surface area contributed by atoms with Crippen LogP contribution >= 0.6 is 0 Å². The van der Waals surface area contributed by atoms with Crippen molar-refractivity contribution >= 4 is 15.8 Å². The third-order valence-electron chi connectivity index (χ3n) is 4.06. The van der Waals surface area contributed by atoms with E-state index >= 15 is 0 Å². The van der Waals surface area contributed by atoms with E-state index in [-0.39, 0.29) is 10.9 Å². The molecule has 1 atom stereocenters. The predicted molar refractivity (Wildman–Crippen MR) is 88.6 cm³/mol. The maximum Gasteiger partial charge on any atom is 0.243 e. The van der Waals surface area contributed by atoms with Gasteiger partial charge in [-0.25, -0.2) is 22.8 Å². The lowest BCUT2D eigenvalue weighted by Crippen LogP contribution is -2.31. The van der Waals surface area contributed by atoms with Crippen molar-refractivity contribution in [3.63, 3.8) is 0 Å². The first kappa shape index (κ1) is 16.8. The van der Waals surface area contributed by atoms with Gasteiger partial charge in [-0.1, -0.05) is 6.07 Å². The molecule has 2 aromatic rings. The first-order valence-electron chi connectivity index (χ1n) is 7.72. The zero-order valence-electron chi connectivity index (χ0n) is 13.5. The molecule has 1 saturated heterocycles. The van der Waals surface area contributed by atoms with Gasteiger partial charge in [0.15, 0.2) is 0 Å². The zero-order valence-corrected chi connectivity index (χ0v) is 14.3. The Morgan fingerprint density at radius 2 is 2.08 bits per heavy atom. The van der Waals surface area contributed by atoms with Gasteiger partial charge in [-0.2, -0.15) is 4.31 Å². The van der Waals surface area contributed by atoms with E-state index in [0.29, 0.717) is 30.3 Å². The van der Waals surface area contributed by atoms with Crippen molar-refractivity contribution in [2.24, 2.45) is 0 Å². The summed E-state index contributed by atoms with van der Waals surface area (Å²) in [5.74, 6) is 0.654. The van der Waals surface area contributed by atoms with Crippen LogP contribution in [0.4, 0.5) is 10.2 Å². The maximum absolute atomic E-state index is 13.4. The van der Waals surface area contributed by atoms with Crippen molar-refractivity contribution in [1.82, 2.24) is 14.3 Å². The van der Waals surface area contributed by atoms with Crippen LogP contribution in [0.3, 0.4) is 0 Å². The zero-order chi connectivity index (χ0) is 17.3. The molecule has 1 aliphatic rings. The summed E-state index contributed by atoms with van der Waals surface area (Å²) in [4.78, 5) is 8.62. The molecule has 0 amide bonds. The number of benzene rings is 1. The van der Waals surface area contributed by atoms with Crippen LogP contribution in [0, 0.1) is 12.7 Å². The standard InChI is InChI=1S/C16H19FN4O2S/c1-11-19-14(10-16(18-2)20-11)15-7-4-8-21(15)24(22,23)13-6-3-5-12(17)9-13/h3,5-6,9-10,15H,4,7-8H2,1-2H3,(H,18,19,20)/t15-/m0/s1. The summed E-state index contributed by atoms with van der Waals surface area (Å²) < 4.78 is 40.7. The second-order valence-electron chi connectivity index (χ2n) is 5.71. The number of halogens is 1. The highest BCUT2D eigenvalue weighted by molar-refractivity contribution is 7.89. The Hall–Kier alpha value is -2.06. The molecule has 3 rings (SSSR count). The predicted octanol–water partition coefficient (Wildman–Crippen LogP) is 2.49. The van der Waals surface area contributed by atoms with E-state index in [2.05, 4.69) is 15.3 Å². The number of aryl methyl sites for hydroxylation is 1. The Bertz CT molecular complexity index is 857. The Balaban J connectivity index is 2.00. The molecular formula is C16H19FN4O2S. The summed E-state index contributed by atoms with van der Waals surface area (Å²) in [7, 11) is -2.03. The van der Waals surface area contributed by atoms with Gasteiger partial charge < -0.3 is 5.32 Å². The van der Waals surface area contributed by atoms with E-state index in [1.807, 2.05) is 0 Å². The van der Waals surface area contributed by atoms with Gasteiger partial charge in [-0.15, -0.1) is 0 Å². The highest BCUT2D eigenvalue weighted by atomic mass is 32.2. The van der Waals surface area contributed by atoms with Crippen LogP contribution in [0.25, 0.3) is 0 Å². The fourth-order valence-corrected chi connectivity index (χ4v) is 4.68. The lowest BCUT2D eigenvalue weighted by molar-refractivity contribution is 0.389. The SMILES string of the molecule is CNc1cc([C@@H]2CCCN2S(=O)(=O)c2cccc(F)c2)nc(C)n1. The molecule has 6 nitrogen and oxygen atoms in total. The Morgan fingerprint density at radius 1 is 1.29 bits per heavy atom. The number of rotatable bonds is 4. The van der Waals surface area contributed by atoms with Gasteiger partial charge in [0.05, 0.1) is 16.6 Å². The van der Waals surface area contributed by atoms with Gasteiger partial charge in [0.25, 0.3) is 0 Å². The quantitative estimate of drug-likeness (QED) is 0.917. The van der Waals surface area contributed by atoms with Gasteiger partial charge in [0.1, 0.15) is 17.5 Å². The average Bonchev–Trinajstić information content (AvgIpc) is 3.04. The Kier molecular flexibility index (Phi) is 4.51. The number of nitrogens with one attached hydrogen (secondary N) is 1. The van der Waals surface area contributed by atoms with Crippen LogP contribution in [0.1, 0.15) is 30.4 Å². The maximum atomic E-state index is 13.4. The number of aromatic nitrogens is 2. The molecule has 0 unspecified atom stereocenters. The number of hydrogen-bond donors (Lipinski definition) is 1. The summed E-state index contributed by atoms with van der Waals surface area (Å²) in [6, 6.07) is 6.49. The third kappa shape index (κ3) is 3.11. The molecule has 0 bridgehead atoms. The summed E-state index contributed by atoms with van der Waals surface area (Å²) in [6.45, 7) is 2.16. The van der Waals surface area contributed by atoms with Crippen molar-refractivity contribution in [3.8, 4) is 0 Å². The second kappa shape index (κ2) is 6.45. The minimum atomic E-state index is -3.78. The average molecular weight is 350 g/mol. The van der Waals surface area contributed by atoms with E-state index in [4.69, 9.17) is 0 Å². The smallest absolute Gasteiger partial charge is 0.243 e. The van der Waals surface area contributed by atoms with Crippen molar-refractivity contribution in [2.75, 3.05) is 18.9 Å². The topological polar surface area (TPSA) is 75.2 Å². The molecule has 1 N–H and O–H groups in total. The lowest BCUT2D eigenvalue weighted by atomic mass is 10.1. The second-order valence-corrected chi connectivity index (χ2v) is 7.60. The number of hydrogen-bond acceptors (Lipinski definition) is 5. The van der Waals surface area contributed by atoms with Crippen molar-refractivity contribution in [3.05, 3.63) is 47.7 Å². The first-order valence-corrected chi connectivity index (χ1v) is 9.16. The third-order valence-corrected chi connectivity index (χ3v) is 5.97. The van der Waals surface area contributed by atoms with Gasteiger partial charge in [0, 0.05) is 19.7 Å². The molecule has 2 heterocycles. The normalized spacial score (nSPS) is 18.7. The van der Waals surface area contributed by atoms with E-state index in [0.717, 1.165) is 12.5 Å². The highest BCUT2D eigenvalue weighted by Crippen LogP contribution is 2.36. The molecule has 1 aromatic heterocycles. The van der Waals surface area contributed by atoms with Gasteiger partial charge in [-0.05, 0) is 38.0 Å². The molecular weight excluding hydrogens is 331 g/mol. The van der Waals surface area contributed by atoms with Crippen LogP contribution in [0.2, 0.25) is 0 Å². The van der Waals surface area contributed by atoms with Gasteiger partial charge in [0.2, 0.25) is 10.0 Å². The molecule has 1 aliphatic heterocycles. The van der Waals surface area contributed by atoms with E-state index in [1.54, 1.807) is 20.0 Å². The van der Waals surface area contributed by atoms with Crippen LogP contribution in [-0.2, 0) is 10.0 Å². The molecule has 0 spiro atoms. The fourth-order valence-electron chi connectivity index (χ4n) is 2.98.